The molecule has 0 aromatic heterocycles. The maximum absolute atomic E-state index is 13.4. The lowest BCUT2D eigenvalue weighted by atomic mass is 9.97. The van der Waals surface area contributed by atoms with Crippen LogP contribution < -0.4 is 5.32 Å². The van der Waals surface area contributed by atoms with E-state index in [9.17, 15) is 45.6 Å². The fourth-order valence-electron chi connectivity index (χ4n) is 13.3. The van der Waals surface area contributed by atoms with Gasteiger partial charge in [-0.25, -0.2) is 0 Å². The summed E-state index contributed by atoms with van der Waals surface area (Å²) in [6.07, 6.45) is 60.1. The van der Waals surface area contributed by atoms with Crippen LogP contribution in [0.3, 0.4) is 0 Å². The summed E-state index contributed by atoms with van der Waals surface area (Å²) < 4.78 is 22.9. The molecule has 14 nitrogen and oxygen atoms in total. The molecule has 1 amide bonds. The lowest BCUT2D eigenvalue weighted by Crippen LogP contribution is -2.65. The molecule has 12 atom stereocenters. The molecular weight excluding hydrogens is 1130 g/mol. The third kappa shape index (κ3) is 44.5. The third-order valence-electron chi connectivity index (χ3n) is 19.5. The minimum absolute atomic E-state index is 0.229. The number of ether oxygens (including phenoxy) is 4. The highest BCUT2D eigenvalue weighted by Crippen LogP contribution is 2.30. The molecule has 2 aliphatic heterocycles. The van der Waals surface area contributed by atoms with Gasteiger partial charge in [0.2, 0.25) is 5.91 Å². The summed E-state index contributed by atoms with van der Waals surface area (Å²) in [5.41, 5.74) is 0. The van der Waals surface area contributed by atoms with Gasteiger partial charge >= 0.3 is 0 Å². The zero-order valence-electron chi connectivity index (χ0n) is 58.4. The number of carbonyl (C=O) groups excluding carboxylic acids is 1. The summed E-state index contributed by atoms with van der Waals surface area (Å²) in [6, 6.07) is -0.912. The summed E-state index contributed by atoms with van der Waals surface area (Å²) in [5, 5.41) is 87.6. The first kappa shape index (κ1) is 84.8. The summed E-state index contributed by atoms with van der Waals surface area (Å²) in [7, 11) is 0. The Balaban J connectivity index is 1.60. The normalized spacial score (nSPS) is 22.9. The van der Waals surface area contributed by atoms with Gasteiger partial charge < -0.3 is 65.1 Å². The molecule has 14 heteroatoms. The van der Waals surface area contributed by atoms with Crippen molar-refractivity contribution in [2.45, 2.75) is 447 Å². The van der Waals surface area contributed by atoms with E-state index in [1.807, 2.05) is 6.08 Å². The monoisotopic (exact) mass is 1280 g/mol. The van der Waals surface area contributed by atoms with Crippen LogP contribution in [-0.2, 0) is 23.7 Å². The van der Waals surface area contributed by atoms with Gasteiger partial charge in [0.1, 0.15) is 48.8 Å². The summed E-state index contributed by atoms with van der Waals surface area (Å²) >= 11 is 0. The van der Waals surface area contributed by atoms with E-state index in [1.165, 1.54) is 308 Å². The number of amides is 1. The zero-order chi connectivity index (χ0) is 65.2. The Hall–Kier alpha value is -1.27. The van der Waals surface area contributed by atoms with Crippen molar-refractivity contribution in [3.63, 3.8) is 0 Å². The number of allylic oxidation sites excluding steroid dienone is 1. The van der Waals surface area contributed by atoms with Crippen LogP contribution in [0.1, 0.15) is 373 Å². The van der Waals surface area contributed by atoms with Crippen LogP contribution in [0.2, 0.25) is 0 Å². The Morgan fingerprint density at radius 2 is 0.689 bits per heavy atom. The van der Waals surface area contributed by atoms with Gasteiger partial charge in [-0.2, -0.15) is 0 Å². The number of nitrogens with one attached hydrogen (secondary N) is 1. The predicted octanol–water partition coefficient (Wildman–Crippen LogP) is 16.9. The number of aliphatic hydroxyl groups excluding tert-OH is 8. The number of unbranched alkanes of at least 4 members (excludes halogenated alkanes) is 53. The minimum atomic E-state index is -1.79. The highest BCUT2D eigenvalue weighted by Gasteiger charge is 2.51. The van der Waals surface area contributed by atoms with Crippen LogP contribution in [0.15, 0.2) is 12.2 Å². The molecule has 0 saturated carbocycles. The molecular formula is C76H147NO13. The highest BCUT2D eigenvalue weighted by atomic mass is 16.7. The maximum Gasteiger partial charge on any atom is 0.220 e. The molecule has 9 N–H and O–H groups in total. The van der Waals surface area contributed by atoms with Gasteiger partial charge in [-0.05, 0) is 19.3 Å². The maximum atomic E-state index is 13.4. The first-order valence-corrected chi connectivity index (χ1v) is 38.9. The van der Waals surface area contributed by atoms with Crippen LogP contribution in [0.4, 0.5) is 0 Å². The lowest BCUT2D eigenvalue weighted by Gasteiger charge is -2.46. The molecule has 0 radical (unpaired) electrons. The zero-order valence-corrected chi connectivity index (χ0v) is 58.4. The molecule has 12 unspecified atom stereocenters. The van der Waals surface area contributed by atoms with Gasteiger partial charge in [-0.15, -0.1) is 0 Å². The molecule has 0 bridgehead atoms. The van der Waals surface area contributed by atoms with E-state index < -0.39 is 86.8 Å². The average Bonchev–Trinajstić information content (AvgIpc) is 1.42. The van der Waals surface area contributed by atoms with Crippen molar-refractivity contribution in [3.8, 4) is 0 Å². The topological polar surface area (TPSA) is 228 Å². The minimum Gasteiger partial charge on any atom is -0.394 e. The van der Waals surface area contributed by atoms with Gasteiger partial charge in [0.15, 0.2) is 12.6 Å². The number of hydrogen-bond acceptors (Lipinski definition) is 13. The number of aliphatic hydroxyl groups is 8. The van der Waals surface area contributed by atoms with E-state index >= 15 is 0 Å². The van der Waals surface area contributed by atoms with E-state index in [0.29, 0.717) is 0 Å². The van der Waals surface area contributed by atoms with Gasteiger partial charge in [0.05, 0.1) is 32.0 Å². The third-order valence-corrected chi connectivity index (χ3v) is 19.5. The molecule has 2 saturated heterocycles. The molecule has 2 rings (SSSR count). The van der Waals surface area contributed by atoms with E-state index in [4.69, 9.17) is 18.9 Å². The molecule has 534 valence electrons. The molecule has 2 fully saturated rings. The largest absolute Gasteiger partial charge is 0.394 e. The van der Waals surface area contributed by atoms with Gasteiger partial charge in [0, 0.05) is 6.42 Å². The van der Waals surface area contributed by atoms with Gasteiger partial charge in [-0.1, -0.05) is 360 Å². The standard InChI is InChI=1S/C76H147NO13/c1-3-5-7-9-11-13-15-17-19-21-23-25-27-28-29-30-31-32-33-34-35-36-37-38-40-42-44-46-48-50-52-54-56-58-60-68(81)77-64(63-87-75-73(86)71(84)74(67(62-79)89-75)90-76-72(85)70(83)69(82)66(61-78)88-76)65(80)59-57-55-53-51-49-47-45-43-41-39-26-24-22-20-18-16-14-12-10-8-6-4-2/h57,59,64-67,69-76,78-80,82-86H,3-56,58,60-63H2,1-2H3,(H,77,81)/b59-57+. The smallest absolute Gasteiger partial charge is 0.220 e. The average molecular weight is 1280 g/mol. The summed E-state index contributed by atoms with van der Waals surface area (Å²) in [6.45, 7) is 2.87. The van der Waals surface area contributed by atoms with Gasteiger partial charge in [0.25, 0.3) is 0 Å². The Labute approximate surface area is 552 Å². The van der Waals surface area contributed by atoms with E-state index in [-0.39, 0.29) is 18.9 Å². The van der Waals surface area contributed by atoms with Crippen LogP contribution >= 0.6 is 0 Å². The van der Waals surface area contributed by atoms with Crippen LogP contribution in [0.5, 0.6) is 0 Å². The van der Waals surface area contributed by atoms with Crippen molar-refractivity contribution < 1.29 is 64.6 Å². The number of rotatable bonds is 66. The van der Waals surface area contributed by atoms with Crippen molar-refractivity contribution >= 4 is 5.91 Å². The second-order valence-electron chi connectivity index (χ2n) is 27.9. The molecule has 90 heavy (non-hydrogen) atoms. The van der Waals surface area contributed by atoms with Crippen molar-refractivity contribution in [1.29, 1.82) is 0 Å². The quantitative estimate of drug-likeness (QED) is 0.0204. The Kier molecular flexibility index (Phi) is 57.8. The molecule has 2 aliphatic rings. The summed E-state index contributed by atoms with van der Waals surface area (Å²) in [5.74, 6) is -0.229. The molecule has 0 aliphatic carbocycles. The number of carbonyl (C=O) groups is 1. The Morgan fingerprint density at radius 3 is 1.02 bits per heavy atom. The van der Waals surface area contributed by atoms with Crippen LogP contribution in [0.25, 0.3) is 0 Å². The second kappa shape index (κ2) is 61.3. The lowest BCUT2D eigenvalue weighted by molar-refractivity contribution is -0.359. The highest BCUT2D eigenvalue weighted by molar-refractivity contribution is 5.76. The van der Waals surface area contributed by atoms with E-state index in [2.05, 4.69) is 19.2 Å². The molecule has 0 spiro atoms. The fourth-order valence-corrected chi connectivity index (χ4v) is 13.3. The first-order chi connectivity index (χ1) is 44.1. The molecule has 0 aromatic carbocycles. The molecule has 0 aromatic rings. The fraction of sp³-hybridized carbons (Fsp3) is 0.961. The van der Waals surface area contributed by atoms with E-state index in [0.717, 1.165) is 44.9 Å². The number of hydrogen-bond donors (Lipinski definition) is 9. The predicted molar refractivity (Wildman–Crippen MR) is 369 cm³/mol. The van der Waals surface area contributed by atoms with Crippen molar-refractivity contribution in [2.24, 2.45) is 0 Å². The van der Waals surface area contributed by atoms with Crippen molar-refractivity contribution in [3.05, 3.63) is 12.2 Å². The second-order valence-corrected chi connectivity index (χ2v) is 27.9. The summed E-state index contributed by atoms with van der Waals surface area (Å²) in [4.78, 5) is 13.4. The Morgan fingerprint density at radius 1 is 0.389 bits per heavy atom. The molecule has 2 heterocycles. The first-order valence-electron chi connectivity index (χ1n) is 38.9. The van der Waals surface area contributed by atoms with Crippen LogP contribution in [-0.4, -0.2) is 140 Å². The van der Waals surface area contributed by atoms with Crippen LogP contribution in [0, 0.1) is 0 Å². The van der Waals surface area contributed by atoms with Gasteiger partial charge in [-0.3, -0.25) is 4.79 Å². The van der Waals surface area contributed by atoms with Crippen molar-refractivity contribution in [2.75, 3.05) is 19.8 Å². The SMILES string of the molecule is CCCCCCCCCCCCCCCCCCCCCC/C=C/C(O)C(COC1OC(CO)C(OC2OC(CO)C(O)C(O)C2O)C(O)C1O)NC(=O)CCCCCCCCCCCCCCCCCCCCCCCCCCCCCCCCCCCC. The Bertz CT molecular complexity index is 1560. The van der Waals surface area contributed by atoms with Crippen molar-refractivity contribution in [1.82, 2.24) is 5.32 Å². The van der Waals surface area contributed by atoms with E-state index in [1.54, 1.807) is 6.08 Å².